The molecule has 0 saturated heterocycles. The molecule has 0 bridgehead atoms. The van der Waals surface area contributed by atoms with Crippen molar-refractivity contribution in [1.29, 1.82) is 0 Å². The third kappa shape index (κ3) is 2.85. The number of carbonyl (C=O) groups is 1. The van der Waals surface area contributed by atoms with Gasteiger partial charge in [-0.25, -0.2) is 4.79 Å². The van der Waals surface area contributed by atoms with Crippen LogP contribution >= 0.6 is 0 Å². The van der Waals surface area contributed by atoms with Crippen molar-refractivity contribution in [3.05, 3.63) is 41.7 Å². The molecule has 0 fully saturated rings. The van der Waals surface area contributed by atoms with E-state index >= 15 is 0 Å². The van der Waals surface area contributed by atoms with Gasteiger partial charge in [0.15, 0.2) is 5.69 Å². The number of aromatic carboxylic acids is 1. The molecule has 1 aromatic heterocycles. The normalized spacial score (nSPS) is 10.3. The lowest BCUT2D eigenvalue weighted by Crippen LogP contribution is -2.02. The number of nitrogens with zero attached hydrogens (tertiary/aromatic N) is 3. The first-order chi connectivity index (χ1) is 8.69. The largest absolute Gasteiger partial charge is 0.497 e. The van der Waals surface area contributed by atoms with Crippen LogP contribution in [0.25, 0.3) is 0 Å². The van der Waals surface area contributed by atoms with Crippen LogP contribution in [0.1, 0.15) is 16.1 Å². The van der Waals surface area contributed by atoms with Crippen molar-refractivity contribution in [2.75, 3.05) is 7.11 Å². The third-order valence-corrected chi connectivity index (χ3v) is 2.55. The zero-order chi connectivity index (χ0) is 13.0. The van der Waals surface area contributed by atoms with Crippen molar-refractivity contribution in [3.8, 4) is 5.75 Å². The number of methoxy groups -OCH3 is 1. The molecular formula is C12H13N3O3. The Kier molecular flexibility index (Phi) is 3.57. The van der Waals surface area contributed by atoms with Crippen LogP contribution < -0.4 is 4.74 Å². The van der Waals surface area contributed by atoms with E-state index in [1.807, 2.05) is 24.3 Å². The standard InChI is InChI=1S/C12H13N3O3/c1-18-10-4-2-9(3-5-10)6-7-15-8-11(12(16)17)13-14-15/h2-5,8H,6-7H2,1H3,(H,16,17). The molecule has 6 heteroatoms. The van der Waals surface area contributed by atoms with Crippen molar-refractivity contribution in [2.45, 2.75) is 13.0 Å². The maximum absolute atomic E-state index is 10.6. The first kappa shape index (κ1) is 12.1. The number of aromatic nitrogens is 3. The van der Waals surface area contributed by atoms with E-state index in [-0.39, 0.29) is 5.69 Å². The molecule has 1 heterocycles. The summed E-state index contributed by atoms with van der Waals surface area (Å²) >= 11 is 0. The zero-order valence-electron chi connectivity index (χ0n) is 9.91. The van der Waals surface area contributed by atoms with E-state index in [0.29, 0.717) is 6.54 Å². The molecule has 1 N–H and O–H groups in total. The Morgan fingerprint density at radius 3 is 2.67 bits per heavy atom. The number of carboxylic acid groups (broad SMARTS) is 1. The third-order valence-electron chi connectivity index (χ3n) is 2.55. The van der Waals surface area contributed by atoms with Crippen molar-refractivity contribution in [3.63, 3.8) is 0 Å². The highest BCUT2D eigenvalue weighted by Crippen LogP contribution is 2.12. The summed E-state index contributed by atoms with van der Waals surface area (Å²) < 4.78 is 6.59. The van der Waals surface area contributed by atoms with Gasteiger partial charge < -0.3 is 9.84 Å². The molecule has 2 rings (SSSR count). The molecular weight excluding hydrogens is 234 g/mol. The van der Waals surface area contributed by atoms with Gasteiger partial charge in [0.25, 0.3) is 0 Å². The summed E-state index contributed by atoms with van der Waals surface area (Å²) in [6.45, 7) is 0.590. The lowest BCUT2D eigenvalue weighted by Gasteiger charge is -2.03. The molecule has 0 spiro atoms. The smallest absolute Gasteiger partial charge is 0.358 e. The van der Waals surface area contributed by atoms with Gasteiger partial charge in [-0.15, -0.1) is 5.10 Å². The Bertz CT molecular complexity index is 534. The Balaban J connectivity index is 1.95. The fourth-order valence-corrected chi connectivity index (χ4v) is 1.54. The van der Waals surface area contributed by atoms with E-state index in [4.69, 9.17) is 9.84 Å². The average molecular weight is 247 g/mol. The van der Waals surface area contributed by atoms with Gasteiger partial charge in [-0.05, 0) is 24.1 Å². The van der Waals surface area contributed by atoms with Gasteiger partial charge in [0.1, 0.15) is 5.75 Å². The molecule has 18 heavy (non-hydrogen) atoms. The topological polar surface area (TPSA) is 77.2 Å². The van der Waals surface area contributed by atoms with Crippen LogP contribution in [-0.2, 0) is 13.0 Å². The summed E-state index contributed by atoms with van der Waals surface area (Å²) in [7, 11) is 1.62. The van der Waals surface area contributed by atoms with Crippen LogP contribution in [0.5, 0.6) is 5.75 Å². The summed E-state index contributed by atoms with van der Waals surface area (Å²) in [5, 5.41) is 16.0. The van der Waals surface area contributed by atoms with Crippen LogP contribution in [0.4, 0.5) is 0 Å². The Morgan fingerprint density at radius 1 is 1.39 bits per heavy atom. The van der Waals surface area contributed by atoms with Crippen molar-refractivity contribution in [1.82, 2.24) is 15.0 Å². The molecule has 0 aliphatic carbocycles. The number of hydrogen-bond acceptors (Lipinski definition) is 4. The van der Waals surface area contributed by atoms with E-state index in [9.17, 15) is 4.79 Å². The summed E-state index contributed by atoms with van der Waals surface area (Å²) in [4.78, 5) is 10.6. The fourth-order valence-electron chi connectivity index (χ4n) is 1.54. The summed E-state index contributed by atoms with van der Waals surface area (Å²) in [6.07, 6.45) is 2.18. The van der Waals surface area contributed by atoms with E-state index in [2.05, 4.69) is 10.3 Å². The van der Waals surface area contributed by atoms with Crippen LogP contribution in [0.2, 0.25) is 0 Å². The molecule has 94 valence electrons. The minimum Gasteiger partial charge on any atom is -0.497 e. The number of ether oxygens (including phenoxy) is 1. The second-order valence-corrected chi connectivity index (χ2v) is 3.77. The molecule has 0 aliphatic rings. The number of rotatable bonds is 5. The SMILES string of the molecule is COc1ccc(CCn2cc(C(=O)O)nn2)cc1. The molecule has 2 aromatic rings. The van der Waals surface area contributed by atoms with Gasteiger partial charge in [0.2, 0.25) is 0 Å². The van der Waals surface area contributed by atoms with E-state index in [0.717, 1.165) is 17.7 Å². The number of hydrogen-bond donors (Lipinski definition) is 1. The Morgan fingerprint density at radius 2 is 2.11 bits per heavy atom. The second kappa shape index (κ2) is 5.31. The molecule has 6 nitrogen and oxygen atoms in total. The first-order valence-electron chi connectivity index (χ1n) is 5.45. The highest BCUT2D eigenvalue weighted by molar-refractivity contribution is 5.84. The molecule has 0 unspecified atom stereocenters. The second-order valence-electron chi connectivity index (χ2n) is 3.77. The summed E-state index contributed by atoms with van der Waals surface area (Å²) in [5.74, 6) is -0.252. The van der Waals surface area contributed by atoms with Crippen molar-refractivity contribution >= 4 is 5.97 Å². The summed E-state index contributed by atoms with van der Waals surface area (Å²) in [5.41, 5.74) is 1.09. The highest BCUT2D eigenvalue weighted by atomic mass is 16.5. The maximum atomic E-state index is 10.6. The predicted octanol–water partition coefficient (Wildman–Crippen LogP) is 1.23. The van der Waals surface area contributed by atoms with E-state index in [1.54, 1.807) is 7.11 Å². The van der Waals surface area contributed by atoms with E-state index in [1.165, 1.54) is 10.9 Å². The quantitative estimate of drug-likeness (QED) is 0.859. The highest BCUT2D eigenvalue weighted by Gasteiger charge is 2.07. The van der Waals surface area contributed by atoms with Gasteiger partial charge in [0.05, 0.1) is 13.3 Å². The van der Waals surface area contributed by atoms with Gasteiger partial charge >= 0.3 is 5.97 Å². The lowest BCUT2D eigenvalue weighted by atomic mass is 10.1. The maximum Gasteiger partial charge on any atom is 0.358 e. The predicted molar refractivity (Wildman–Crippen MR) is 63.7 cm³/mol. The van der Waals surface area contributed by atoms with Gasteiger partial charge in [0, 0.05) is 6.54 Å². The molecule has 0 amide bonds. The molecule has 1 aromatic carbocycles. The van der Waals surface area contributed by atoms with Crippen LogP contribution in [-0.4, -0.2) is 33.2 Å². The molecule has 0 saturated carbocycles. The Labute approximate surface area is 104 Å². The van der Waals surface area contributed by atoms with Crippen LogP contribution in [0.15, 0.2) is 30.5 Å². The monoisotopic (exact) mass is 247 g/mol. The van der Waals surface area contributed by atoms with Crippen molar-refractivity contribution in [2.24, 2.45) is 0 Å². The summed E-state index contributed by atoms with van der Waals surface area (Å²) in [6, 6.07) is 7.71. The Hall–Kier alpha value is -2.37. The van der Waals surface area contributed by atoms with Gasteiger partial charge in [-0.2, -0.15) is 0 Å². The lowest BCUT2D eigenvalue weighted by molar-refractivity contribution is 0.0690. The molecule has 0 atom stereocenters. The molecule has 0 aliphatic heterocycles. The number of carboxylic acids is 1. The van der Waals surface area contributed by atoms with Crippen LogP contribution in [0.3, 0.4) is 0 Å². The average Bonchev–Trinajstić information content (AvgIpc) is 2.86. The molecule has 0 radical (unpaired) electrons. The minimum absolute atomic E-state index is 0.0373. The van der Waals surface area contributed by atoms with Gasteiger partial charge in [-0.3, -0.25) is 4.68 Å². The minimum atomic E-state index is -1.06. The van der Waals surface area contributed by atoms with Gasteiger partial charge in [-0.1, -0.05) is 17.3 Å². The first-order valence-corrected chi connectivity index (χ1v) is 5.45. The van der Waals surface area contributed by atoms with Crippen LogP contribution in [0, 0.1) is 0 Å². The van der Waals surface area contributed by atoms with E-state index < -0.39 is 5.97 Å². The van der Waals surface area contributed by atoms with Crippen molar-refractivity contribution < 1.29 is 14.6 Å². The zero-order valence-corrected chi connectivity index (χ0v) is 9.91. The number of aryl methyl sites for hydroxylation is 2. The fraction of sp³-hybridized carbons (Fsp3) is 0.250. The number of benzene rings is 1.